The monoisotopic (exact) mass is 253 g/mol. The third-order valence-corrected chi connectivity index (χ3v) is 3.67. The van der Waals surface area contributed by atoms with Gasteiger partial charge in [-0.2, -0.15) is 0 Å². The molecule has 1 aliphatic heterocycles. The highest BCUT2D eigenvalue weighted by atomic mass is 14.9. The Labute approximate surface area is 113 Å². The number of para-hydroxylation sites is 1. The Morgan fingerprint density at radius 3 is 2.74 bits per heavy atom. The number of hydrogen-bond donors (Lipinski definition) is 3. The van der Waals surface area contributed by atoms with E-state index in [0.29, 0.717) is 5.92 Å². The van der Waals surface area contributed by atoms with Crippen LogP contribution in [-0.4, -0.2) is 13.1 Å². The van der Waals surface area contributed by atoms with E-state index in [-0.39, 0.29) is 0 Å². The van der Waals surface area contributed by atoms with Crippen molar-refractivity contribution in [3.63, 3.8) is 0 Å². The van der Waals surface area contributed by atoms with Crippen molar-refractivity contribution >= 4 is 17.1 Å². The Kier molecular flexibility index (Phi) is 3.27. The number of nitrogen functional groups attached to an aromatic ring is 1. The predicted molar refractivity (Wildman–Crippen MR) is 81.6 cm³/mol. The maximum atomic E-state index is 5.67. The highest BCUT2D eigenvalue weighted by Gasteiger charge is 2.20. The van der Waals surface area contributed by atoms with Crippen LogP contribution in [0, 0.1) is 0 Å². The molecule has 19 heavy (non-hydrogen) atoms. The molecule has 0 fully saturated rings. The lowest BCUT2D eigenvalue weighted by Crippen LogP contribution is -2.09. The molecule has 2 aromatic rings. The van der Waals surface area contributed by atoms with Crippen LogP contribution in [0.3, 0.4) is 0 Å². The average molecular weight is 253 g/mol. The van der Waals surface area contributed by atoms with Crippen molar-refractivity contribution in [2.75, 3.05) is 29.5 Å². The largest absolute Gasteiger partial charge is 0.399 e. The Morgan fingerprint density at radius 2 is 1.89 bits per heavy atom. The first-order valence-electron chi connectivity index (χ1n) is 6.75. The molecular formula is C16H19N3. The van der Waals surface area contributed by atoms with Gasteiger partial charge in [-0.15, -0.1) is 0 Å². The summed E-state index contributed by atoms with van der Waals surface area (Å²) in [5.74, 6) is 0.609. The van der Waals surface area contributed by atoms with E-state index >= 15 is 0 Å². The van der Waals surface area contributed by atoms with Crippen molar-refractivity contribution in [3.8, 4) is 0 Å². The zero-order valence-corrected chi connectivity index (χ0v) is 10.9. The normalized spacial score (nSPS) is 16.7. The molecule has 0 saturated heterocycles. The fraction of sp³-hybridized carbons (Fsp3) is 0.250. The maximum absolute atomic E-state index is 5.67. The summed E-state index contributed by atoms with van der Waals surface area (Å²) in [7, 11) is 0. The number of hydrogen-bond acceptors (Lipinski definition) is 3. The fourth-order valence-corrected chi connectivity index (χ4v) is 2.61. The number of anilines is 3. The lowest BCUT2D eigenvalue weighted by molar-refractivity contribution is 0.701. The maximum Gasteiger partial charge on any atom is 0.0376 e. The second-order valence-electron chi connectivity index (χ2n) is 5.00. The molecule has 2 aromatic carbocycles. The molecule has 1 heterocycles. The summed E-state index contributed by atoms with van der Waals surface area (Å²) in [5.41, 5.74) is 10.3. The molecule has 1 aliphatic rings. The lowest BCUT2D eigenvalue weighted by Gasteiger charge is -2.12. The minimum Gasteiger partial charge on any atom is -0.399 e. The third-order valence-electron chi connectivity index (χ3n) is 3.67. The molecule has 0 radical (unpaired) electrons. The van der Waals surface area contributed by atoms with Crippen LogP contribution < -0.4 is 16.4 Å². The number of nitrogens with two attached hydrogens (primary N) is 1. The van der Waals surface area contributed by atoms with Crippen LogP contribution in [0.5, 0.6) is 0 Å². The molecule has 4 N–H and O–H groups in total. The van der Waals surface area contributed by atoms with Crippen LogP contribution in [0.25, 0.3) is 0 Å². The molecule has 0 bridgehead atoms. The minimum absolute atomic E-state index is 0.609. The molecule has 3 rings (SSSR count). The summed E-state index contributed by atoms with van der Waals surface area (Å²) in [6.45, 7) is 2.02. The standard InChI is InChI=1S/C16H19N3/c17-13-5-7-14(8-6-13)18-10-9-12-11-19-16-4-2-1-3-15(12)16/h1-8,12,18-19H,9-11,17H2. The molecule has 0 aliphatic carbocycles. The van der Waals surface area contributed by atoms with E-state index in [0.717, 1.165) is 30.9 Å². The Hall–Kier alpha value is -2.16. The van der Waals surface area contributed by atoms with E-state index < -0.39 is 0 Å². The van der Waals surface area contributed by atoms with Crippen LogP contribution in [0.1, 0.15) is 17.9 Å². The van der Waals surface area contributed by atoms with Gasteiger partial charge >= 0.3 is 0 Å². The quantitative estimate of drug-likeness (QED) is 0.733. The van der Waals surface area contributed by atoms with Crippen molar-refractivity contribution in [1.29, 1.82) is 0 Å². The van der Waals surface area contributed by atoms with Crippen molar-refractivity contribution in [3.05, 3.63) is 54.1 Å². The van der Waals surface area contributed by atoms with Crippen LogP contribution in [0.15, 0.2) is 48.5 Å². The van der Waals surface area contributed by atoms with E-state index in [2.05, 4.69) is 34.9 Å². The van der Waals surface area contributed by atoms with Gasteiger partial charge in [0.05, 0.1) is 0 Å². The van der Waals surface area contributed by atoms with Crippen LogP contribution in [-0.2, 0) is 0 Å². The van der Waals surface area contributed by atoms with Gasteiger partial charge in [0, 0.05) is 36.1 Å². The second kappa shape index (κ2) is 5.22. The molecule has 98 valence electrons. The fourth-order valence-electron chi connectivity index (χ4n) is 2.61. The average Bonchev–Trinajstić information content (AvgIpc) is 2.85. The van der Waals surface area contributed by atoms with E-state index in [1.54, 1.807) is 0 Å². The molecule has 0 saturated carbocycles. The summed E-state index contributed by atoms with van der Waals surface area (Å²) in [6.07, 6.45) is 1.13. The molecule has 0 spiro atoms. The molecule has 1 unspecified atom stereocenters. The minimum atomic E-state index is 0.609. The number of nitrogens with one attached hydrogen (secondary N) is 2. The predicted octanol–water partition coefficient (Wildman–Crippen LogP) is 3.28. The van der Waals surface area contributed by atoms with Gasteiger partial charge in [0.25, 0.3) is 0 Å². The third kappa shape index (κ3) is 2.65. The van der Waals surface area contributed by atoms with E-state index in [1.165, 1.54) is 11.3 Å². The number of rotatable bonds is 4. The topological polar surface area (TPSA) is 50.1 Å². The zero-order chi connectivity index (χ0) is 13.1. The summed E-state index contributed by atoms with van der Waals surface area (Å²) in [4.78, 5) is 0. The Balaban J connectivity index is 1.55. The first-order valence-corrected chi connectivity index (χ1v) is 6.75. The highest BCUT2D eigenvalue weighted by molar-refractivity contribution is 5.57. The van der Waals surface area contributed by atoms with Crippen LogP contribution in [0.2, 0.25) is 0 Å². The van der Waals surface area contributed by atoms with Crippen LogP contribution >= 0.6 is 0 Å². The first kappa shape index (κ1) is 11.9. The molecule has 3 nitrogen and oxygen atoms in total. The summed E-state index contributed by atoms with van der Waals surface area (Å²) in [6, 6.07) is 16.5. The molecule has 0 aromatic heterocycles. The van der Waals surface area contributed by atoms with Gasteiger partial charge in [0.2, 0.25) is 0 Å². The van der Waals surface area contributed by atoms with Gasteiger partial charge in [-0.05, 0) is 42.3 Å². The lowest BCUT2D eigenvalue weighted by atomic mass is 9.98. The second-order valence-corrected chi connectivity index (χ2v) is 5.00. The van der Waals surface area contributed by atoms with Gasteiger partial charge in [0.15, 0.2) is 0 Å². The van der Waals surface area contributed by atoms with Gasteiger partial charge in [-0.25, -0.2) is 0 Å². The summed E-state index contributed by atoms with van der Waals surface area (Å²) < 4.78 is 0. The SMILES string of the molecule is Nc1ccc(NCCC2CNc3ccccc32)cc1. The number of fused-ring (bicyclic) bond motifs is 1. The van der Waals surface area contributed by atoms with Crippen molar-refractivity contribution < 1.29 is 0 Å². The van der Waals surface area contributed by atoms with Crippen molar-refractivity contribution in [1.82, 2.24) is 0 Å². The smallest absolute Gasteiger partial charge is 0.0376 e. The summed E-state index contributed by atoms with van der Waals surface area (Å²) in [5, 5.41) is 6.91. The van der Waals surface area contributed by atoms with E-state index in [4.69, 9.17) is 5.73 Å². The Bertz CT molecular complexity index is 548. The first-order chi connectivity index (χ1) is 9.33. The van der Waals surface area contributed by atoms with E-state index in [1.807, 2.05) is 24.3 Å². The van der Waals surface area contributed by atoms with Gasteiger partial charge in [0.1, 0.15) is 0 Å². The number of benzene rings is 2. The van der Waals surface area contributed by atoms with Gasteiger partial charge in [-0.1, -0.05) is 18.2 Å². The summed E-state index contributed by atoms with van der Waals surface area (Å²) >= 11 is 0. The van der Waals surface area contributed by atoms with Gasteiger partial charge in [-0.3, -0.25) is 0 Å². The molecule has 1 atom stereocenters. The van der Waals surface area contributed by atoms with Crippen LogP contribution in [0.4, 0.5) is 17.1 Å². The highest BCUT2D eigenvalue weighted by Crippen LogP contribution is 2.32. The molecule has 0 amide bonds. The van der Waals surface area contributed by atoms with Crippen molar-refractivity contribution in [2.45, 2.75) is 12.3 Å². The zero-order valence-electron chi connectivity index (χ0n) is 10.9. The Morgan fingerprint density at radius 1 is 1.11 bits per heavy atom. The van der Waals surface area contributed by atoms with Gasteiger partial charge < -0.3 is 16.4 Å². The molecular weight excluding hydrogens is 234 g/mol. The molecule has 3 heteroatoms. The van der Waals surface area contributed by atoms with E-state index in [9.17, 15) is 0 Å². The van der Waals surface area contributed by atoms with Crippen molar-refractivity contribution in [2.24, 2.45) is 0 Å².